The van der Waals surface area contributed by atoms with Crippen molar-refractivity contribution in [3.63, 3.8) is 0 Å². The molecule has 0 saturated heterocycles. The first-order valence-corrected chi connectivity index (χ1v) is 6.20. The third kappa shape index (κ3) is 2.00. The highest BCUT2D eigenvalue weighted by molar-refractivity contribution is 6.41. The average Bonchev–Trinajstić information content (AvgIpc) is 2.42. The van der Waals surface area contributed by atoms with Crippen LogP contribution in [0.25, 0.3) is 16.3 Å². The van der Waals surface area contributed by atoms with Crippen molar-refractivity contribution in [1.82, 2.24) is 0 Å². The SMILES string of the molecule is O=C1C=CC(=O)C(c2c(Cl)ccc3ccccc23)=C1. The van der Waals surface area contributed by atoms with Gasteiger partial charge in [-0.25, -0.2) is 0 Å². The Balaban J connectivity index is 2.34. The molecule has 1 aliphatic carbocycles. The van der Waals surface area contributed by atoms with Crippen LogP contribution in [0.2, 0.25) is 5.02 Å². The summed E-state index contributed by atoms with van der Waals surface area (Å²) in [6.45, 7) is 0. The van der Waals surface area contributed by atoms with E-state index in [2.05, 4.69) is 0 Å². The molecule has 0 spiro atoms. The highest BCUT2D eigenvalue weighted by atomic mass is 35.5. The zero-order chi connectivity index (χ0) is 13.4. The molecule has 2 nitrogen and oxygen atoms in total. The van der Waals surface area contributed by atoms with Gasteiger partial charge in [0, 0.05) is 16.2 Å². The van der Waals surface area contributed by atoms with E-state index in [9.17, 15) is 9.59 Å². The zero-order valence-corrected chi connectivity index (χ0v) is 10.6. The lowest BCUT2D eigenvalue weighted by molar-refractivity contribution is -0.113. The van der Waals surface area contributed by atoms with Crippen LogP contribution in [0.5, 0.6) is 0 Å². The van der Waals surface area contributed by atoms with E-state index in [1.165, 1.54) is 18.2 Å². The first-order chi connectivity index (χ1) is 9.16. The number of rotatable bonds is 1. The molecule has 0 radical (unpaired) electrons. The van der Waals surface area contributed by atoms with Crippen LogP contribution < -0.4 is 0 Å². The van der Waals surface area contributed by atoms with Gasteiger partial charge < -0.3 is 0 Å². The predicted molar refractivity (Wildman–Crippen MR) is 76.1 cm³/mol. The normalized spacial score (nSPS) is 14.9. The topological polar surface area (TPSA) is 34.1 Å². The van der Waals surface area contributed by atoms with Crippen LogP contribution in [-0.2, 0) is 9.59 Å². The molecule has 0 atom stereocenters. The lowest BCUT2D eigenvalue weighted by Gasteiger charge is -2.12. The summed E-state index contributed by atoms with van der Waals surface area (Å²) in [7, 11) is 0. The standard InChI is InChI=1S/C16H9ClO2/c17-14-7-5-10-3-1-2-4-12(10)16(14)13-9-11(18)6-8-15(13)19/h1-9H. The van der Waals surface area contributed by atoms with Crippen molar-refractivity contribution in [1.29, 1.82) is 0 Å². The molecule has 3 rings (SSSR count). The summed E-state index contributed by atoms with van der Waals surface area (Å²) in [5.74, 6) is -0.392. The summed E-state index contributed by atoms with van der Waals surface area (Å²) in [5, 5.41) is 2.33. The monoisotopic (exact) mass is 268 g/mol. The maximum Gasteiger partial charge on any atom is 0.186 e. The lowest BCUT2D eigenvalue weighted by Crippen LogP contribution is -2.07. The Morgan fingerprint density at radius 3 is 2.53 bits per heavy atom. The Morgan fingerprint density at radius 2 is 1.68 bits per heavy atom. The Morgan fingerprint density at radius 1 is 0.895 bits per heavy atom. The summed E-state index contributed by atoms with van der Waals surface area (Å²) in [5.41, 5.74) is 0.983. The molecule has 0 N–H and O–H groups in total. The second-order valence-electron chi connectivity index (χ2n) is 4.30. The van der Waals surface area contributed by atoms with Crippen LogP contribution in [0, 0.1) is 0 Å². The van der Waals surface area contributed by atoms with E-state index in [0.717, 1.165) is 10.8 Å². The number of hydrogen-bond acceptors (Lipinski definition) is 2. The van der Waals surface area contributed by atoms with E-state index >= 15 is 0 Å². The highest BCUT2D eigenvalue weighted by Gasteiger charge is 2.19. The van der Waals surface area contributed by atoms with Crippen molar-refractivity contribution in [2.75, 3.05) is 0 Å². The Bertz CT molecular complexity index is 769. The van der Waals surface area contributed by atoms with E-state index in [-0.39, 0.29) is 11.6 Å². The lowest BCUT2D eigenvalue weighted by atomic mass is 9.92. The van der Waals surface area contributed by atoms with Gasteiger partial charge in [-0.3, -0.25) is 9.59 Å². The zero-order valence-electron chi connectivity index (χ0n) is 9.89. The van der Waals surface area contributed by atoms with Gasteiger partial charge in [-0.2, -0.15) is 0 Å². The number of carbonyl (C=O) groups excluding carboxylic acids is 2. The van der Waals surface area contributed by atoms with Crippen molar-refractivity contribution in [3.05, 3.63) is 65.2 Å². The molecule has 0 unspecified atom stereocenters. The van der Waals surface area contributed by atoms with Gasteiger partial charge in [-0.15, -0.1) is 0 Å². The molecule has 3 heteroatoms. The van der Waals surface area contributed by atoms with Crippen LogP contribution in [0.1, 0.15) is 5.56 Å². The van der Waals surface area contributed by atoms with Gasteiger partial charge in [0.25, 0.3) is 0 Å². The van der Waals surface area contributed by atoms with E-state index < -0.39 is 0 Å². The molecule has 0 aliphatic heterocycles. The number of ketones is 2. The minimum atomic E-state index is -0.196. The maximum absolute atomic E-state index is 12.0. The molecule has 1 aliphatic rings. The van der Waals surface area contributed by atoms with Gasteiger partial charge >= 0.3 is 0 Å². The van der Waals surface area contributed by atoms with Crippen molar-refractivity contribution >= 4 is 39.5 Å². The van der Waals surface area contributed by atoms with E-state index in [1.54, 1.807) is 6.07 Å². The average molecular weight is 269 g/mol. The minimum Gasteiger partial charge on any atom is -0.290 e. The first kappa shape index (κ1) is 11.9. The molecule has 92 valence electrons. The van der Waals surface area contributed by atoms with Gasteiger partial charge in [-0.05, 0) is 35.1 Å². The summed E-state index contributed by atoms with van der Waals surface area (Å²) in [6.07, 6.45) is 3.90. The fourth-order valence-corrected chi connectivity index (χ4v) is 2.49. The fraction of sp³-hybridized carbons (Fsp3) is 0. The first-order valence-electron chi connectivity index (χ1n) is 5.82. The van der Waals surface area contributed by atoms with E-state index in [0.29, 0.717) is 16.2 Å². The van der Waals surface area contributed by atoms with Gasteiger partial charge in [0.2, 0.25) is 0 Å². The molecule has 0 saturated carbocycles. The van der Waals surface area contributed by atoms with Gasteiger partial charge in [0.15, 0.2) is 11.6 Å². The van der Waals surface area contributed by atoms with Crippen LogP contribution in [0.4, 0.5) is 0 Å². The number of hydrogen-bond donors (Lipinski definition) is 0. The maximum atomic E-state index is 12.0. The number of halogens is 1. The van der Waals surface area contributed by atoms with Crippen molar-refractivity contribution in [2.24, 2.45) is 0 Å². The number of allylic oxidation sites excluding steroid dienone is 4. The smallest absolute Gasteiger partial charge is 0.186 e. The second kappa shape index (κ2) is 4.48. The third-order valence-electron chi connectivity index (χ3n) is 3.10. The van der Waals surface area contributed by atoms with Crippen LogP contribution in [-0.4, -0.2) is 11.6 Å². The van der Waals surface area contributed by atoms with Crippen molar-refractivity contribution in [3.8, 4) is 0 Å². The predicted octanol–water partition coefficient (Wildman–Crippen LogP) is 3.58. The molecule has 0 heterocycles. The van der Waals surface area contributed by atoms with Gasteiger partial charge in [0.1, 0.15) is 0 Å². The van der Waals surface area contributed by atoms with Crippen molar-refractivity contribution < 1.29 is 9.59 Å². The Hall–Kier alpha value is -2.19. The molecule has 2 aromatic carbocycles. The molecular formula is C16H9ClO2. The van der Waals surface area contributed by atoms with Crippen LogP contribution in [0.3, 0.4) is 0 Å². The van der Waals surface area contributed by atoms with Crippen molar-refractivity contribution in [2.45, 2.75) is 0 Å². The summed E-state index contributed by atoms with van der Waals surface area (Å²) >= 11 is 6.22. The quantitative estimate of drug-likeness (QED) is 0.741. The minimum absolute atomic E-state index is 0.196. The number of fused-ring (bicyclic) bond motifs is 1. The molecule has 2 aromatic rings. The largest absolute Gasteiger partial charge is 0.290 e. The fourth-order valence-electron chi connectivity index (χ4n) is 2.22. The summed E-state index contributed by atoms with van der Waals surface area (Å²) in [4.78, 5) is 23.5. The van der Waals surface area contributed by atoms with Gasteiger partial charge in [-0.1, -0.05) is 41.9 Å². The summed E-state index contributed by atoms with van der Waals surface area (Å²) < 4.78 is 0. The molecule has 0 aromatic heterocycles. The molecule has 0 amide bonds. The summed E-state index contributed by atoms with van der Waals surface area (Å²) in [6, 6.07) is 11.3. The van der Waals surface area contributed by atoms with Gasteiger partial charge in [0.05, 0.1) is 0 Å². The molecular weight excluding hydrogens is 260 g/mol. The van der Waals surface area contributed by atoms with E-state index in [4.69, 9.17) is 11.6 Å². The highest BCUT2D eigenvalue weighted by Crippen LogP contribution is 2.33. The Labute approximate surface area is 115 Å². The van der Waals surface area contributed by atoms with E-state index in [1.807, 2.05) is 30.3 Å². The van der Waals surface area contributed by atoms with Crippen LogP contribution in [0.15, 0.2) is 54.6 Å². The molecule has 19 heavy (non-hydrogen) atoms. The second-order valence-corrected chi connectivity index (χ2v) is 4.71. The van der Waals surface area contributed by atoms with Crippen LogP contribution >= 0.6 is 11.6 Å². The number of carbonyl (C=O) groups is 2. The molecule has 0 bridgehead atoms. The third-order valence-corrected chi connectivity index (χ3v) is 3.41. The molecule has 0 fully saturated rings. The Kier molecular flexibility index (Phi) is 2.80. The number of benzene rings is 2.